The van der Waals surface area contributed by atoms with Gasteiger partial charge in [-0.15, -0.1) is 11.8 Å². The number of hydrogen-bond donors (Lipinski definition) is 1. The largest absolute Gasteiger partial charge is 0.462 e. The van der Waals surface area contributed by atoms with E-state index < -0.39 is 5.97 Å². The molecule has 140 valence electrons. The number of hydrogen-bond acceptors (Lipinski definition) is 7. The van der Waals surface area contributed by atoms with Crippen molar-refractivity contribution in [2.24, 2.45) is 0 Å². The number of aryl methyl sites for hydroxylation is 1. The molecule has 0 saturated carbocycles. The highest BCUT2D eigenvalue weighted by Gasteiger charge is 2.17. The van der Waals surface area contributed by atoms with E-state index >= 15 is 0 Å². The molecule has 1 N–H and O–H groups in total. The zero-order valence-electron chi connectivity index (χ0n) is 15.0. The first-order chi connectivity index (χ1) is 13.1. The van der Waals surface area contributed by atoms with Crippen LogP contribution in [0.4, 0.5) is 5.13 Å². The second-order valence-electron chi connectivity index (χ2n) is 5.64. The number of ether oxygens (including phenoxy) is 1. The van der Waals surface area contributed by atoms with Crippen LogP contribution in [-0.2, 0) is 9.53 Å². The van der Waals surface area contributed by atoms with Gasteiger partial charge in [-0.1, -0.05) is 35.6 Å². The fraction of sp³-hybridized carbons (Fsp3) is 0.263. The Labute approximate surface area is 165 Å². The van der Waals surface area contributed by atoms with Gasteiger partial charge in [-0.05, 0) is 26.0 Å². The maximum Gasteiger partial charge on any atom is 0.350 e. The van der Waals surface area contributed by atoms with Gasteiger partial charge in [0.1, 0.15) is 4.88 Å². The molecular formula is C19H19N3O3S2. The Morgan fingerprint density at radius 1 is 1.19 bits per heavy atom. The standard InChI is InChI=1S/C19H19N3O3S2/c1-3-25-18(24)17-12(2)20-19(27-17)22-15(23)10-11-26-16-9-8-13-6-4-5-7-14(13)21-16/h4-9H,3,10-11H2,1-2H3,(H,20,22,23). The molecule has 27 heavy (non-hydrogen) atoms. The molecule has 0 bridgehead atoms. The van der Waals surface area contributed by atoms with Crippen molar-refractivity contribution in [2.45, 2.75) is 25.3 Å². The van der Waals surface area contributed by atoms with Crippen molar-refractivity contribution >= 4 is 51.0 Å². The highest BCUT2D eigenvalue weighted by Crippen LogP contribution is 2.24. The third kappa shape index (κ3) is 5.05. The number of thiazole rings is 1. The number of esters is 1. The number of para-hydroxylation sites is 1. The van der Waals surface area contributed by atoms with Gasteiger partial charge in [0.2, 0.25) is 5.91 Å². The van der Waals surface area contributed by atoms with Gasteiger partial charge in [0.25, 0.3) is 0 Å². The summed E-state index contributed by atoms with van der Waals surface area (Å²) in [6.45, 7) is 3.77. The van der Waals surface area contributed by atoms with Gasteiger partial charge in [-0.2, -0.15) is 0 Å². The Kier molecular flexibility index (Phi) is 6.41. The minimum Gasteiger partial charge on any atom is -0.462 e. The average molecular weight is 402 g/mol. The number of amides is 1. The van der Waals surface area contributed by atoms with Crippen molar-refractivity contribution < 1.29 is 14.3 Å². The van der Waals surface area contributed by atoms with Gasteiger partial charge in [0.15, 0.2) is 5.13 Å². The predicted molar refractivity (Wildman–Crippen MR) is 109 cm³/mol. The SMILES string of the molecule is CCOC(=O)c1sc(NC(=O)CCSc2ccc3ccccc3n2)nc1C. The molecule has 0 aliphatic carbocycles. The quantitative estimate of drug-likeness (QED) is 0.470. The number of aromatic nitrogens is 2. The van der Waals surface area contributed by atoms with E-state index in [0.29, 0.717) is 34.5 Å². The van der Waals surface area contributed by atoms with E-state index in [2.05, 4.69) is 15.3 Å². The van der Waals surface area contributed by atoms with Crippen LogP contribution in [0.3, 0.4) is 0 Å². The predicted octanol–water partition coefficient (Wildman–Crippen LogP) is 4.30. The molecule has 0 aliphatic heterocycles. The molecule has 0 fully saturated rings. The smallest absolute Gasteiger partial charge is 0.350 e. The van der Waals surface area contributed by atoms with E-state index in [4.69, 9.17) is 4.74 Å². The lowest BCUT2D eigenvalue weighted by molar-refractivity contribution is -0.115. The molecule has 0 saturated heterocycles. The van der Waals surface area contributed by atoms with Gasteiger partial charge >= 0.3 is 5.97 Å². The molecule has 3 rings (SSSR count). The van der Waals surface area contributed by atoms with Gasteiger partial charge < -0.3 is 10.1 Å². The first-order valence-electron chi connectivity index (χ1n) is 8.50. The molecular weight excluding hydrogens is 382 g/mol. The van der Waals surface area contributed by atoms with Crippen LogP contribution in [0.2, 0.25) is 0 Å². The summed E-state index contributed by atoms with van der Waals surface area (Å²) >= 11 is 2.66. The van der Waals surface area contributed by atoms with Crippen LogP contribution in [0.15, 0.2) is 41.4 Å². The lowest BCUT2D eigenvalue weighted by atomic mass is 10.2. The molecule has 1 amide bonds. The number of pyridine rings is 1. The number of rotatable bonds is 7. The van der Waals surface area contributed by atoms with E-state index in [0.717, 1.165) is 27.3 Å². The maximum atomic E-state index is 12.1. The second kappa shape index (κ2) is 8.96. The number of nitrogens with one attached hydrogen (secondary N) is 1. The average Bonchev–Trinajstić information content (AvgIpc) is 3.02. The van der Waals surface area contributed by atoms with E-state index in [9.17, 15) is 9.59 Å². The molecule has 8 heteroatoms. The Morgan fingerprint density at radius 3 is 2.81 bits per heavy atom. The second-order valence-corrected chi connectivity index (χ2v) is 7.76. The number of thioether (sulfide) groups is 1. The molecule has 0 radical (unpaired) electrons. The summed E-state index contributed by atoms with van der Waals surface area (Å²) in [5.74, 6) is 0.0464. The minimum absolute atomic E-state index is 0.146. The fourth-order valence-electron chi connectivity index (χ4n) is 2.39. The zero-order chi connectivity index (χ0) is 19.2. The molecule has 2 aromatic heterocycles. The number of carbonyl (C=O) groups is 2. The molecule has 0 atom stereocenters. The van der Waals surface area contributed by atoms with Crippen molar-refractivity contribution in [3.8, 4) is 0 Å². The van der Waals surface area contributed by atoms with Crippen LogP contribution in [0.25, 0.3) is 10.9 Å². The lowest BCUT2D eigenvalue weighted by Gasteiger charge is -2.03. The summed E-state index contributed by atoms with van der Waals surface area (Å²) < 4.78 is 4.98. The first kappa shape index (κ1) is 19.3. The van der Waals surface area contributed by atoms with E-state index in [1.807, 2.05) is 36.4 Å². The number of benzene rings is 1. The van der Waals surface area contributed by atoms with Crippen LogP contribution < -0.4 is 5.32 Å². The zero-order valence-corrected chi connectivity index (χ0v) is 16.7. The number of fused-ring (bicyclic) bond motifs is 1. The summed E-state index contributed by atoms with van der Waals surface area (Å²) in [5, 5.41) is 5.13. The number of anilines is 1. The number of nitrogens with zero attached hydrogens (tertiary/aromatic N) is 2. The molecule has 6 nitrogen and oxygen atoms in total. The maximum absolute atomic E-state index is 12.1. The normalized spacial score (nSPS) is 10.7. The van der Waals surface area contributed by atoms with Crippen LogP contribution in [0.1, 0.15) is 28.7 Å². The summed E-state index contributed by atoms with van der Waals surface area (Å²) in [7, 11) is 0. The molecule has 1 aromatic carbocycles. The van der Waals surface area contributed by atoms with Crippen molar-refractivity contribution in [1.29, 1.82) is 0 Å². The first-order valence-corrected chi connectivity index (χ1v) is 10.3. The summed E-state index contributed by atoms with van der Waals surface area (Å²) in [6.07, 6.45) is 0.326. The van der Waals surface area contributed by atoms with E-state index in [-0.39, 0.29) is 5.91 Å². The van der Waals surface area contributed by atoms with Crippen LogP contribution in [0, 0.1) is 6.92 Å². The van der Waals surface area contributed by atoms with Gasteiger partial charge in [-0.25, -0.2) is 14.8 Å². The topological polar surface area (TPSA) is 81.2 Å². The van der Waals surface area contributed by atoms with Crippen LogP contribution >= 0.6 is 23.1 Å². The Bertz CT molecular complexity index is 972. The van der Waals surface area contributed by atoms with Gasteiger partial charge in [-0.3, -0.25) is 4.79 Å². The summed E-state index contributed by atoms with van der Waals surface area (Å²) in [4.78, 5) is 33.2. The Balaban J connectivity index is 1.52. The third-order valence-corrected chi connectivity index (χ3v) is 5.64. The van der Waals surface area contributed by atoms with Gasteiger partial charge in [0.05, 0.1) is 22.8 Å². The van der Waals surface area contributed by atoms with Crippen LogP contribution in [0.5, 0.6) is 0 Å². The van der Waals surface area contributed by atoms with Crippen molar-refractivity contribution in [3.05, 3.63) is 47.0 Å². The Hall–Kier alpha value is -2.45. The Morgan fingerprint density at radius 2 is 2.00 bits per heavy atom. The van der Waals surface area contributed by atoms with Crippen LogP contribution in [-0.4, -0.2) is 34.2 Å². The molecule has 2 heterocycles. The summed E-state index contributed by atoms with van der Waals surface area (Å²) in [6, 6.07) is 11.9. The van der Waals surface area contributed by atoms with E-state index in [1.165, 1.54) is 11.8 Å². The van der Waals surface area contributed by atoms with Gasteiger partial charge in [0, 0.05) is 17.6 Å². The molecule has 0 unspecified atom stereocenters. The fourth-order valence-corrected chi connectivity index (χ4v) is 4.09. The highest BCUT2D eigenvalue weighted by atomic mass is 32.2. The molecule has 0 aliphatic rings. The van der Waals surface area contributed by atoms with Crippen molar-refractivity contribution in [2.75, 3.05) is 17.7 Å². The minimum atomic E-state index is -0.411. The monoisotopic (exact) mass is 401 g/mol. The summed E-state index contributed by atoms with van der Waals surface area (Å²) in [5.41, 5.74) is 1.50. The third-order valence-electron chi connectivity index (χ3n) is 3.66. The van der Waals surface area contributed by atoms with Crippen molar-refractivity contribution in [3.63, 3.8) is 0 Å². The van der Waals surface area contributed by atoms with Crippen molar-refractivity contribution in [1.82, 2.24) is 9.97 Å². The molecule has 3 aromatic rings. The molecule has 0 spiro atoms. The lowest BCUT2D eigenvalue weighted by Crippen LogP contribution is -2.12. The van der Waals surface area contributed by atoms with E-state index in [1.54, 1.807) is 13.8 Å². The highest BCUT2D eigenvalue weighted by molar-refractivity contribution is 7.99. The number of carbonyl (C=O) groups excluding carboxylic acids is 2.